The highest BCUT2D eigenvalue weighted by Crippen LogP contribution is 2.39. The SMILES string of the molecule is CC(C)(C)c1ccc2c(c1)sc1c(-c3ccc4ccccc4c3)ncnc12. The Hall–Kier alpha value is -2.78. The van der Waals surface area contributed by atoms with Crippen molar-refractivity contribution in [1.29, 1.82) is 0 Å². The van der Waals surface area contributed by atoms with Crippen LogP contribution in [0.1, 0.15) is 26.3 Å². The van der Waals surface area contributed by atoms with Gasteiger partial charge in [-0.25, -0.2) is 9.97 Å². The molecule has 5 aromatic rings. The molecule has 0 bridgehead atoms. The zero-order valence-corrected chi connectivity index (χ0v) is 16.5. The van der Waals surface area contributed by atoms with Gasteiger partial charge in [-0.15, -0.1) is 11.3 Å². The monoisotopic (exact) mass is 368 g/mol. The molecule has 0 N–H and O–H groups in total. The van der Waals surface area contributed by atoms with Crippen molar-refractivity contribution in [3.05, 3.63) is 72.6 Å². The van der Waals surface area contributed by atoms with Gasteiger partial charge in [-0.05, 0) is 33.9 Å². The van der Waals surface area contributed by atoms with E-state index in [1.165, 1.54) is 26.4 Å². The molecular weight excluding hydrogens is 348 g/mol. The summed E-state index contributed by atoms with van der Waals surface area (Å²) >= 11 is 1.79. The number of hydrogen-bond acceptors (Lipinski definition) is 3. The van der Waals surface area contributed by atoms with E-state index < -0.39 is 0 Å². The molecule has 5 rings (SSSR count). The molecule has 0 aliphatic heterocycles. The molecule has 3 heteroatoms. The average molecular weight is 369 g/mol. The first kappa shape index (κ1) is 16.4. The maximum atomic E-state index is 4.65. The quantitative estimate of drug-likeness (QED) is 0.319. The first-order valence-electron chi connectivity index (χ1n) is 9.18. The Morgan fingerprint density at radius 1 is 0.815 bits per heavy atom. The van der Waals surface area contributed by atoms with Crippen LogP contribution >= 0.6 is 11.3 Å². The Morgan fingerprint density at radius 2 is 1.63 bits per heavy atom. The predicted molar refractivity (Wildman–Crippen MR) is 117 cm³/mol. The molecule has 0 aliphatic carbocycles. The van der Waals surface area contributed by atoms with E-state index >= 15 is 0 Å². The topological polar surface area (TPSA) is 25.8 Å². The van der Waals surface area contributed by atoms with Gasteiger partial charge in [0.05, 0.1) is 15.9 Å². The number of thiophene rings is 1. The second kappa shape index (κ2) is 5.86. The Kier molecular flexibility index (Phi) is 3.56. The third-order valence-corrected chi connectivity index (χ3v) is 6.29. The van der Waals surface area contributed by atoms with Gasteiger partial charge in [-0.2, -0.15) is 0 Å². The van der Waals surface area contributed by atoms with Gasteiger partial charge in [0.2, 0.25) is 0 Å². The number of hydrogen-bond donors (Lipinski definition) is 0. The summed E-state index contributed by atoms with van der Waals surface area (Å²) in [6.45, 7) is 6.76. The summed E-state index contributed by atoms with van der Waals surface area (Å²) in [5.74, 6) is 0. The van der Waals surface area contributed by atoms with Crippen molar-refractivity contribution in [2.24, 2.45) is 0 Å². The van der Waals surface area contributed by atoms with E-state index in [-0.39, 0.29) is 5.41 Å². The van der Waals surface area contributed by atoms with Crippen LogP contribution in [0.4, 0.5) is 0 Å². The number of fused-ring (bicyclic) bond motifs is 4. The molecule has 0 fully saturated rings. The Labute approximate surface area is 162 Å². The summed E-state index contributed by atoms with van der Waals surface area (Å²) in [5, 5.41) is 3.70. The van der Waals surface area contributed by atoms with Gasteiger partial charge in [0, 0.05) is 15.6 Å². The molecule has 0 radical (unpaired) electrons. The van der Waals surface area contributed by atoms with Crippen LogP contribution in [0.5, 0.6) is 0 Å². The minimum atomic E-state index is 0.136. The lowest BCUT2D eigenvalue weighted by molar-refractivity contribution is 0.591. The number of aromatic nitrogens is 2. The molecule has 2 aromatic heterocycles. The maximum absolute atomic E-state index is 4.65. The van der Waals surface area contributed by atoms with Crippen LogP contribution in [0.15, 0.2) is 67.0 Å². The molecule has 2 nitrogen and oxygen atoms in total. The molecule has 3 aromatic carbocycles. The van der Waals surface area contributed by atoms with Crippen LogP contribution in [0, 0.1) is 0 Å². The predicted octanol–water partition coefficient (Wildman–Crippen LogP) is 6.96. The van der Waals surface area contributed by atoms with Gasteiger partial charge in [-0.3, -0.25) is 0 Å². The van der Waals surface area contributed by atoms with E-state index in [0.717, 1.165) is 21.5 Å². The molecular formula is C24H20N2S. The zero-order chi connectivity index (χ0) is 18.6. The molecule has 0 atom stereocenters. The summed E-state index contributed by atoms with van der Waals surface area (Å²) in [5.41, 5.74) is 4.69. The van der Waals surface area contributed by atoms with Gasteiger partial charge in [0.1, 0.15) is 6.33 Å². The minimum absolute atomic E-state index is 0.136. The largest absolute Gasteiger partial charge is 0.235 e. The van der Waals surface area contributed by atoms with Crippen molar-refractivity contribution in [2.75, 3.05) is 0 Å². The van der Waals surface area contributed by atoms with Crippen LogP contribution in [0.25, 0.3) is 42.3 Å². The maximum Gasteiger partial charge on any atom is 0.116 e. The van der Waals surface area contributed by atoms with Crippen LogP contribution in [0.2, 0.25) is 0 Å². The average Bonchev–Trinajstić information content (AvgIpc) is 3.05. The summed E-state index contributed by atoms with van der Waals surface area (Å²) < 4.78 is 2.44. The second-order valence-electron chi connectivity index (χ2n) is 8.02. The highest BCUT2D eigenvalue weighted by atomic mass is 32.1. The number of rotatable bonds is 1. The van der Waals surface area contributed by atoms with Crippen LogP contribution in [-0.2, 0) is 5.41 Å². The third kappa shape index (κ3) is 2.70. The van der Waals surface area contributed by atoms with Gasteiger partial charge in [0.25, 0.3) is 0 Å². The lowest BCUT2D eigenvalue weighted by Crippen LogP contribution is -2.10. The smallest absolute Gasteiger partial charge is 0.116 e. The molecule has 0 saturated carbocycles. The fourth-order valence-corrected chi connectivity index (χ4v) is 4.79. The molecule has 132 valence electrons. The van der Waals surface area contributed by atoms with Gasteiger partial charge in [-0.1, -0.05) is 69.3 Å². The van der Waals surface area contributed by atoms with Crippen LogP contribution in [0.3, 0.4) is 0 Å². The van der Waals surface area contributed by atoms with Gasteiger partial charge in [0.15, 0.2) is 0 Å². The minimum Gasteiger partial charge on any atom is -0.235 e. The Balaban J connectivity index is 1.76. The molecule has 0 unspecified atom stereocenters. The lowest BCUT2D eigenvalue weighted by Gasteiger charge is -2.18. The van der Waals surface area contributed by atoms with Crippen LogP contribution < -0.4 is 0 Å². The molecule has 27 heavy (non-hydrogen) atoms. The second-order valence-corrected chi connectivity index (χ2v) is 9.08. The van der Waals surface area contributed by atoms with E-state index in [0.29, 0.717) is 0 Å². The molecule has 0 saturated heterocycles. The van der Waals surface area contributed by atoms with E-state index in [2.05, 4.69) is 91.4 Å². The van der Waals surface area contributed by atoms with E-state index in [4.69, 9.17) is 0 Å². The van der Waals surface area contributed by atoms with Crippen molar-refractivity contribution in [1.82, 2.24) is 9.97 Å². The number of benzene rings is 3. The van der Waals surface area contributed by atoms with Crippen molar-refractivity contribution in [3.63, 3.8) is 0 Å². The third-order valence-electron chi connectivity index (χ3n) is 5.14. The summed E-state index contributed by atoms with van der Waals surface area (Å²) in [6, 6.07) is 21.8. The zero-order valence-electron chi connectivity index (χ0n) is 15.7. The van der Waals surface area contributed by atoms with Gasteiger partial charge < -0.3 is 0 Å². The Bertz CT molecular complexity index is 1310. The van der Waals surface area contributed by atoms with E-state index in [1.807, 2.05) is 0 Å². The highest BCUT2D eigenvalue weighted by Gasteiger charge is 2.17. The highest BCUT2D eigenvalue weighted by molar-refractivity contribution is 7.26. The van der Waals surface area contributed by atoms with Crippen LogP contribution in [-0.4, -0.2) is 9.97 Å². The first-order valence-corrected chi connectivity index (χ1v) is 9.99. The van der Waals surface area contributed by atoms with Crippen molar-refractivity contribution in [2.45, 2.75) is 26.2 Å². The molecule has 0 spiro atoms. The van der Waals surface area contributed by atoms with E-state index in [1.54, 1.807) is 17.7 Å². The summed E-state index contributed by atoms with van der Waals surface area (Å²) in [4.78, 5) is 9.26. The fraction of sp³-hybridized carbons (Fsp3) is 0.167. The molecule has 0 amide bonds. The van der Waals surface area contributed by atoms with E-state index in [9.17, 15) is 0 Å². The van der Waals surface area contributed by atoms with Crippen molar-refractivity contribution >= 4 is 42.4 Å². The standard InChI is InChI=1S/C24H20N2S/c1-24(2,3)18-10-11-19-20(13-18)27-23-21(25-14-26-22(19)23)17-9-8-15-6-4-5-7-16(15)12-17/h4-14H,1-3H3. The summed E-state index contributed by atoms with van der Waals surface area (Å²) in [7, 11) is 0. The Morgan fingerprint density at radius 3 is 2.44 bits per heavy atom. The normalized spacial score (nSPS) is 12.3. The fourth-order valence-electron chi connectivity index (χ4n) is 3.58. The molecule has 2 heterocycles. The summed E-state index contributed by atoms with van der Waals surface area (Å²) in [6.07, 6.45) is 1.69. The molecule has 0 aliphatic rings. The first-order chi connectivity index (χ1) is 13.0. The van der Waals surface area contributed by atoms with Crippen molar-refractivity contribution < 1.29 is 0 Å². The lowest BCUT2D eigenvalue weighted by atomic mass is 9.87. The number of nitrogens with zero attached hydrogens (tertiary/aromatic N) is 2. The van der Waals surface area contributed by atoms with Gasteiger partial charge >= 0.3 is 0 Å². The van der Waals surface area contributed by atoms with Crippen molar-refractivity contribution in [3.8, 4) is 11.3 Å².